The smallest absolute Gasteiger partial charge is 0.251 e. The molecule has 0 aliphatic rings. The van der Waals surface area contributed by atoms with Gasteiger partial charge in [-0.2, -0.15) is 0 Å². The van der Waals surface area contributed by atoms with E-state index in [1.165, 1.54) is 0 Å². The average molecular weight is 235 g/mol. The highest BCUT2D eigenvalue weighted by Gasteiger charge is 2.18. The zero-order valence-electron chi connectivity index (χ0n) is 10.8. The van der Waals surface area contributed by atoms with Gasteiger partial charge in [0.05, 0.1) is 0 Å². The normalized spacial score (nSPS) is 11.3. The molecule has 0 aliphatic carbocycles. The number of rotatable bonds is 5. The topological polar surface area (TPSA) is 49.3 Å². The first-order valence-corrected chi connectivity index (χ1v) is 5.90. The summed E-state index contributed by atoms with van der Waals surface area (Å²) in [4.78, 5) is 11.8. The van der Waals surface area contributed by atoms with E-state index in [1.54, 1.807) is 0 Å². The van der Waals surface area contributed by atoms with E-state index in [1.807, 2.05) is 45.0 Å². The van der Waals surface area contributed by atoms with Gasteiger partial charge in [0.15, 0.2) is 0 Å². The monoisotopic (exact) mass is 235 g/mol. The molecule has 0 atom stereocenters. The minimum atomic E-state index is -0.0743. The molecule has 2 N–H and O–H groups in total. The van der Waals surface area contributed by atoms with Gasteiger partial charge in [-0.15, -0.1) is 0 Å². The van der Waals surface area contributed by atoms with E-state index in [0.29, 0.717) is 18.5 Å². The Kier molecular flexibility index (Phi) is 4.70. The van der Waals surface area contributed by atoms with Crippen molar-refractivity contribution in [3.05, 3.63) is 35.4 Å². The zero-order valence-corrected chi connectivity index (χ0v) is 10.8. The Morgan fingerprint density at radius 1 is 1.29 bits per heavy atom. The van der Waals surface area contributed by atoms with Crippen molar-refractivity contribution in [2.24, 2.45) is 5.41 Å². The fourth-order valence-corrected chi connectivity index (χ4v) is 1.52. The fraction of sp³-hybridized carbons (Fsp3) is 0.500. The predicted octanol–water partition coefficient (Wildman–Crippen LogP) is 2.13. The van der Waals surface area contributed by atoms with Crippen molar-refractivity contribution in [2.45, 2.75) is 27.2 Å². The van der Waals surface area contributed by atoms with Crippen molar-refractivity contribution in [3.63, 3.8) is 0 Å². The van der Waals surface area contributed by atoms with Crippen LogP contribution in [0.2, 0.25) is 0 Å². The van der Waals surface area contributed by atoms with Crippen molar-refractivity contribution in [3.8, 4) is 0 Å². The Balaban J connectivity index is 2.53. The third-order valence-corrected chi connectivity index (χ3v) is 2.83. The van der Waals surface area contributed by atoms with Crippen LogP contribution in [0.3, 0.4) is 0 Å². The maximum absolute atomic E-state index is 11.8. The van der Waals surface area contributed by atoms with E-state index in [2.05, 4.69) is 5.32 Å². The van der Waals surface area contributed by atoms with Crippen LogP contribution in [0.15, 0.2) is 24.3 Å². The molecule has 17 heavy (non-hydrogen) atoms. The van der Waals surface area contributed by atoms with E-state index in [0.717, 1.165) is 5.56 Å². The van der Waals surface area contributed by atoms with Crippen molar-refractivity contribution in [1.82, 2.24) is 5.32 Å². The number of carbonyl (C=O) groups is 1. The molecule has 0 saturated carbocycles. The number of benzene rings is 1. The van der Waals surface area contributed by atoms with Crippen LogP contribution in [-0.4, -0.2) is 24.2 Å². The number of hydrogen-bond donors (Lipinski definition) is 2. The first-order valence-electron chi connectivity index (χ1n) is 5.90. The lowest BCUT2D eigenvalue weighted by molar-refractivity contribution is 0.0928. The summed E-state index contributed by atoms with van der Waals surface area (Å²) in [5.74, 6) is -0.0592. The summed E-state index contributed by atoms with van der Waals surface area (Å²) in [5.41, 5.74) is 1.74. The van der Waals surface area contributed by atoms with E-state index in [9.17, 15) is 4.79 Å². The van der Waals surface area contributed by atoms with Gasteiger partial charge in [0.2, 0.25) is 0 Å². The Morgan fingerprint density at radius 2 is 1.88 bits per heavy atom. The molecular weight excluding hydrogens is 214 g/mol. The van der Waals surface area contributed by atoms with Gasteiger partial charge in [0.25, 0.3) is 5.91 Å². The van der Waals surface area contributed by atoms with E-state index in [-0.39, 0.29) is 17.9 Å². The lowest BCUT2D eigenvalue weighted by Crippen LogP contribution is -2.34. The van der Waals surface area contributed by atoms with Crippen LogP contribution < -0.4 is 5.32 Å². The lowest BCUT2D eigenvalue weighted by Gasteiger charge is -2.23. The highest BCUT2D eigenvalue weighted by Crippen LogP contribution is 2.18. The Hall–Kier alpha value is -1.35. The Labute approximate surface area is 103 Å². The van der Waals surface area contributed by atoms with Crippen molar-refractivity contribution in [1.29, 1.82) is 0 Å². The summed E-state index contributed by atoms with van der Waals surface area (Å²) in [6.45, 7) is 6.76. The van der Waals surface area contributed by atoms with Gasteiger partial charge >= 0.3 is 0 Å². The third kappa shape index (κ3) is 4.57. The quantitative estimate of drug-likeness (QED) is 0.821. The van der Waals surface area contributed by atoms with E-state index >= 15 is 0 Å². The first-order chi connectivity index (χ1) is 7.94. The van der Waals surface area contributed by atoms with Gasteiger partial charge in [0.1, 0.15) is 0 Å². The van der Waals surface area contributed by atoms with Crippen LogP contribution in [0.25, 0.3) is 0 Å². The zero-order chi connectivity index (χ0) is 12.9. The Morgan fingerprint density at radius 3 is 2.41 bits per heavy atom. The van der Waals surface area contributed by atoms with Gasteiger partial charge in [-0.25, -0.2) is 0 Å². The summed E-state index contributed by atoms with van der Waals surface area (Å²) >= 11 is 0. The maximum atomic E-state index is 11.8. The van der Waals surface area contributed by atoms with Gasteiger partial charge in [0, 0.05) is 18.7 Å². The lowest BCUT2D eigenvalue weighted by atomic mass is 9.89. The molecule has 0 spiro atoms. The summed E-state index contributed by atoms with van der Waals surface area (Å²) in [6, 6.07) is 7.50. The minimum Gasteiger partial charge on any atom is -0.396 e. The molecule has 1 rings (SSSR count). The second kappa shape index (κ2) is 5.82. The van der Waals surface area contributed by atoms with Crippen molar-refractivity contribution >= 4 is 5.91 Å². The number of hydrogen-bond acceptors (Lipinski definition) is 2. The number of aryl methyl sites for hydroxylation is 1. The Bertz CT molecular complexity index is 368. The molecule has 0 bridgehead atoms. The van der Waals surface area contributed by atoms with Gasteiger partial charge in [-0.3, -0.25) is 4.79 Å². The number of aliphatic hydroxyl groups is 1. The second-order valence-electron chi connectivity index (χ2n) is 5.19. The van der Waals surface area contributed by atoms with Crippen molar-refractivity contribution < 1.29 is 9.90 Å². The highest BCUT2D eigenvalue weighted by atomic mass is 16.3. The molecule has 0 aliphatic heterocycles. The van der Waals surface area contributed by atoms with E-state index in [4.69, 9.17) is 5.11 Å². The van der Waals surface area contributed by atoms with Crippen molar-refractivity contribution in [2.75, 3.05) is 13.2 Å². The largest absolute Gasteiger partial charge is 0.396 e. The molecule has 0 aromatic heterocycles. The van der Waals surface area contributed by atoms with Gasteiger partial charge < -0.3 is 10.4 Å². The van der Waals surface area contributed by atoms with Crippen LogP contribution in [-0.2, 0) is 0 Å². The number of amides is 1. The van der Waals surface area contributed by atoms with Gasteiger partial charge in [-0.05, 0) is 30.9 Å². The third-order valence-electron chi connectivity index (χ3n) is 2.83. The van der Waals surface area contributed by atoms with Crippen LogP contribution >= 0.6 is 0 Å². The average Bonchev–Trinajstić information content (AvgIpc) is 2.27. The number of carbonyl (C=O) groups excluding carboxylic acids is 1. The number of nitrogens with one attached hydrogen (secondary N) is 1. The van der Waals surface area contributed by atoms with E-state index < -0.39 is 0 Å². The summed E-state index contributed by atoms with van der Waals surface area (Å²) in [6.07, 6.45) is 0.682. The fourth-order valence-electron chi connectivity index (χ4n) is 1.52. The van der Waals surface area contributed by atoms with Gasteiger partial charge in [-0.1, -0.05) is 31.5 Å². The molecular formula is C14H21NO2. The molecule has 0 heterocycles. The standard InChI is InChI=1S/C14H21NO2/c1-11-4-6-12(7-5-11)13(17)15-10-14(2,3)8-9-16/h4-7,16H,8-10H2,1-3H3,(H,15,17). The SMILES string of the molecule is Cc1ccc(C(=O)NCC(C)(C)CCO)cc1. The maximum Gasteiger partial charge on any atom is 0.251 e. The molecule has 1 aromatic rings. The molecule has 0 fully saturated rings. The molecule has 3 nitrogen and oxygen atoms in total. The number of aliphatic hydroxyl groups excluding tert-OH is 1. The minimum absolute atomic E-state index is 0.0592. The molecule has 1 amide bonds. The summed E-state index contributed by atoms with van der Waals surface area (Å²) < 4.78 is 0. The van der Waals surface area contributed by atoms with Crippen LogP contribution in [0.1, 0.15) is 36.2 Å². The van der Waals surface area contributed by atoms with Crippen LogP contribution in [0.5, 0.6) is 0 Å². The first kappa shape index (κ1) is 13.7. The predicted molar refractivity (Wildman–Crippen MR) is 69.0 cm³/mol. The molecule has 94 valence electrons. The molecule has 1 aromatic carbocycles. The molecule has 0 unspecified atom stereocenters. The highest BCUT2D eigenvalue weighted by molar-refractivity contribution is 5.94. The second-order valence-corrected chi connectivity index (χ2v) is 5.19. The summed E-state index contributed by atoms with van der Waals surface area (Å²) in [7, 11) is 0. The molecule has 0 radical (unpaired) electrons. The van der Waals surface area contributed by atoms with Crippen LogP contribution in [0, 0.1) is 12.3 Å². The summed E-state index contributed by atoms with van der Waals surface area (Å²) in [5, 5.41) is 11.8. The molecule has 0 saturated heterocycles. The molecule has 3 heteroatoms. The van der Waals surface area contributed by atoms with Crippen LogP contribution in [0.4, 0.5) is 0 Å².